The van der Waals surface area contributed by atoms with Crippen molar-refractivity contribution in [1.29, 1.82) is 0 Å². The van der Waals surface area contributed by atoms with Gasteiger partial charge in [0.15, 0.2) is 18.2 Å². The van der Waals surface area contributed by atoms with Crippen LogP contribution >= 0.6 is 0 Å². The molecule has 0 saturated carbocycles. The number of nitrogens with zero attached hydrogens (tertiary/aromatic N) is 2. The van der Waals surface area contributed by atoms with E-state index in [1.807, 2.05) is 18.2 Å². The average Bonchev–Trinajstić information content (AvgIpc) is 3.30. The molecule has 4 rings (SSSR count). The van der Waals surface area contributed by atoms with Gasteiger partial charge < -0.3 is 4.74 Å². The van der Waals surface area contributed by atoms with Crippen molar-refractivity contribution in [3.05, 3.63) is 76.4 Å². The van der Waals surface area contributed by atoms with Crippen molar-refractivity contribution >= 4 is 5.78 Å². The minimum absolute atomic E-state index is 0.0448. The van der Waals surface area contributed by atoms with Crippen molar-refractivity contribution in [3.63, 3.8) is 0 Å². The molecule has 0 bridgehead atoms. The van der Waals surface area contributed by atoms with Gasteiger partial charge in [-0.05, 0) is 54.2 Å². The molecule has 1 aliphatic carbocycles. The predicted octanol–water partition coefficient (Wildman–Crippen LogP) is 3.55. The predicted molar refractivity (Wildman–Crippen MR) is 91.8 cm³/mol. The molecule has 0 atom stereocenters. The molecule has 5 nitrogen and oxygen atoms in total. The highest BCUT2D eigenvalue weighted by molar-refractivity contribution is 5.97. The number of carbonyl (C=O) groups is 1. The number of ether oxygens (including phenoxy) is 1. The van der Waals surface area contributed by atoms with Crippen LogP contribution in [0.15, 0.2) is 47.0 Å². The van der Waals surface area contributed by atoms with Crippen LogP contribution in [-0.4, -0.2) is 22.5 Å². The molecule has 0 amide bonds. The lowest BCUT2D eigenvalue weighted by molar-refractivity contribution is 0.0884. The monoisotopic (exact) mass is 352 g/mol. The first-order chi connectivity index (χ1) is 12.7. The maximum absolute atomic E-state index is 12.9. The van der Waals surface area contributed by atoms with E-state index in [0.717, 1.165) is 24.8 Å². The molecule has 0 fully saturated rings. The van der Waals surface area contributed by atoms with Crippen LogP contribution in [0.25, 0.3) is 0 Å². The topological polar surface area (TPSA) is 65.2 Å². The van der Waals surface area contributed by atoms with Gasteiger partial charge in [0, 0.05) is 12.0 Å². The summed E-state index contributed by atoms with van der Waals surface area (Å²) in [6, 6.07) is 11.9. The summed E-state index contributed by atoms with van der Waals surface area (Å²) in [6.45, 7) is -0.156. The maximum Gasteiger partial charge on any atom is 0.417 e. The maximum atomic E-state index is 12.9. The number of hydrogen-bond acceptors (Lipinski definition) is 5. The molecular formula is C20H17FN2O3. The third-order valence-electron chi connectivity index (χ3n) is 4.47. The summed E-state index contributed by atoms with van der Waals surface area (Å²) >= 11 is 0. The van der Waals surface area contributed by atoms with Gasteiger partial charge in [0.1, 0.15) is 5.82 Å². The molecule has 6 heteroatoms. The Morgan fingerprint density at radius 2 is 1.92 bits per heavy atom. The van der Waals surface area contributed by atoms with Gasteiger partial charge in [-0.15, -0.1) is 0 Å². The highest BCUT2D eigenvalue weighted by atomic mass is 19.1. The highest BCUT2D eigenvalue weighted by Gasteiger charge is 2.16. The summed E-state index contributed by atoms with van der Waals surface area (Å²) < 4.78 is 23.3. The Bertz CT molecular complexity index is 934. The van der Waals surface area contributed by atoms with Gasteiger partial charge >= 0.3 is 6.08 Å². The molecule has 1 aliphatic rings. The molecule has 0 aliphatic heterocycles. The molecule has 3 aromatic rings. The summed E-state index contributed by atoms with van der Waals surface area (Å²) in [4.78, 5) is 16.4. The largest absolute Gasteiger partial charge is 0.440 e. The number of fused-ring (bicyclic) bond motifs is 1. The van der Waals surface area contributed by atoms with Crippen molar-refractivity contribution < 1.29 is 18.4 Å². The van der Waals surface area contributed by atoms with E-state index >= 15 is 0 Å². The zero-order valence-electron chi connectivity index (χ0n) is 14.1. The molecule has 0 N–H and O–H groups in total. The highest BCUT2D eigenvalue weighted by Crippen LogP contribution is 2.23. The number of halogens is 1. The van der Waals surface area contributed by atoms with Crippen LogP contribution in [0.2, 0.25) is 0 Å². The van der Waals surface area contributed by atoms with Crippen molar-refractivity contribution in [2.75, 3.05) is 6.61 Å². The van der Waals surface area contributed by atoms with Gasteiger partial charge in [-0.2, -0.15) is 4.98 Å². The van der Waals surface area contributed by atoms with Crippen molar-refractivity contribution in [3.8, 4) is 6.08 Å². The standard InChI is InChI=1S/C20H17FN2O3/c21-17-8-4-13(5-9-17)10-19-22-20(26-23-19)25-12-18(24)16-7-6-14-2-1-3-15(14)11-16/h4-9,11H,1-3,10,12H2. The molecule has 0 unspecified atom stereocenters. The summed E-state index contributed by atoms with van der Waals surface area (Å²) in [6.07, 6.45) is 3.60. The fourth-order valence-corrected chi connectivity index (χ4v) is 3.11. The van der Waals surface area contributed by atoms with Crippen LogP contribution < -0.4 is 4.74 Å². The summed E-state index contributed by atoms with van der Waals surface area (Å²) in [7, 11) is 0. The average molecular weight is 352 g/mol. The fraction of sp³-hybridized carbons (Fsp3) is 0.250. The Morgan fingerprint density at radius 3 is 2.77 bits per heavy atom. The lowest BCUT2D eigenvalue weighted by Gasteiger charge is -2.04. The normalized spacial score (nSPS) is 12.8. The first-order valence-electron chi connectivity index (χ1n) is 8.52. The molecule has 0 radical (unpaired) electrons. The first-order valence-corrected chi connectivity index (χ1v) is 8.52. The Kier molecular flexibility index (Phi) is 4.48. The molecule has 0 spiro atoms. The van der Waals surface area contributed by atoms with Crippen molar-refractivity contribution in [1.82, 2.24) is 10.1 Å². The van der Waals surface area contributed by atoms with Crippen molar-refractivity contribution in [2.45, 2.75) is 25.7 Å². The summed E-state index contributed by atoms with van der Waals surface area (Å²) in [5, 5.41) is 3.82. The third-order valence-corrected chi connectivity index (χ3v) is 4.47. The van der Waals surface area contributed by atoms with E-state index in [1.54, 1.807) is 12.1 Å². The number of ketones is 1. The molecule has 132 valence electrons. The number of benzene rings is 2. The fourth-order valence-electron chi connectivity index (χ4n) is 3.11. The van der Waals surface area contributed by atoms with E-state index in [1.165, 1.54) is 23.3 Å². The van der Waals surface area contributed by atoms with E-state index in [4.69, 9.17) is 9.26 Å². The molecular weight excluding hydrogens is 335 g/mol. The van der Waals surface area contributed by atoms with Crippen LogP contribution in [0, 0.1) is 5.82 Å². The zero-order valence-corrected chi connectivity index (χ0v) is 14.1. The minimum atomic E-state index is -0.295. The molecule has 26 heavy (non-hydrogen) atoms. The molecule has 1 aromatic heterocycles. The Balaban J connectivity index is 1.35. The van der Waals surface area contributed by atoms with E-state index < -0.39 is 0 Å². The van der Waals surface area contributed by atoms with Gasteiger partial charge in [-0.3, -0.25) is 9.32 Å². The number of hydrogen-bond donors (Lipinski definition) is 0. The van der Waals surface area contributed by atoms with E-state index in [-0.39, 0.29) is 24.3 Å². The minimum Gasteiger partial charge on any atom is -0.440 e. The number of aryl methyl sites for hydroxylation is 2. The van der Waals surface area contributed by atoms with Crippen LogP contribution in [0.1, 0.15) is 39.3 Å². The lowest BCUT2D eigenvalue weighted by atomic mass is 10.0. The van der Waals surface area contributed by atoms with Gasteiger partial charge in [0.2, 0.25) is 0 Å². The first kappa shape index (κ1) is 16.4. The van der Waals surface area contributed by atoms with E-state index in [9.17, 15) is 9.18 Å². The quantitative estimate of drug-likeness (QED) is 0.635. The van der Waals surface area contributed by atoms with Gasteiger partial charge in [0.05, 0.1) is 0 Å². The number of aromatic nitrogens is 2. The van der Waals surface area contributed by atoms with Crippen LogP contribution in [0.3, 0.4) is 0 Å². The lowest BCUT2D eigenvalue weighted by Crippen LogP contribution is -2.12. The summed E-state index contributed by atoms with van der Waals surface area (Å²) in [5.41, 5.74) is 4.06. The second-order valence-electron chi connectivity index (χ2n) is 6.33. The zero-order chi connectivity index (χ0) is 17.9. The SMILES string of the molecule is O=C(COc1nc(Cc2ccc(F)cc2)no1)c1ccc2c(c1)CCC2. The van der Waals surface area contributed by atoms with Gasteiger partial charge in [-0.1, -0.05) is 29.4 Å². The number of rotatable bonds is 6. The van der Waals surface area contributed by atoms with E-state index in [0.29, 0.717) is 17.8 Å². The van der Waals surface area contributed by atoms with Gasteiger partial charge in [0.25, 0.3) is 0 Å². The third kappa shape index (κ3) is 3.64. The van der Waals surface area contributed by atoms with Crippen LogP contribution in [0.4, 0.5) is 4.39 Å². The van der Waals surface area contributed by atoms with Crippen LogP contribution in [0.5, 0.6) is 6.08 Å². The Morgan fingerprint density at radius 1 is 1.12 bits per heavy atom. The summed E-state index contributed by atoms with van der Waals surface area (Å²) in [5.74, 6) is -0.00877. The molecule has 2 aromatic carbocycles. The smallest absolute Gasteiger partial charge is 0.417 e. The van der Waals surface area contributed by atoms with E-state index in [2.05, 4.69) is 10.1 Å². The molecule has 1 heterocycles. The second kappa shape index (κ2) is 7.07. The Labute approximate surface area is 149 Å². The van der Waals surface area contributed by atoms with Crippen molar-refractivity contribution in [2.24, 2.45) is 0 Å². The van der Waals surface area contributed by atoms with Gasteiger partial charge in [-0.25, -0.2) is 4.39 Å². The number of Topliss-reactive ketones (excluding diaryl/α,β-unsaturated/α-hetero) is 1. The second-order valence-corrected chi connectivity index (χ2v) is 6.33. The molecule has 0 saturated heterocycles. The van der Waals surface area contributed by atoms with Crippen LogP contribution in [-0.2, 0) is 19.3 Å². The Hall–Kier alpha value is -3.02. The number of carbonyl (C=O) groups excluding carboxylic acids is 1.